The Balaban J connectivity index is 0.00000242. The van der Waals surface area contributed by atoms with Crippen molar-refractivity contribution in [2.24, 2.45) is 5.73 Å². The number of carbonyl (C=O) groups excluding carboxylic acids is 1. The van der Waals surface area contributed by atoms with Crippen LogP contribution in [0, 0.1) is 0 Å². The number of amides is 1. The van der Waals surface area contributed by atoms with Crippen LogP contribution >= 0.6 is 24.8 Å². The second-order valence-corrected chi connectivity index (χ2v) is 5.60. The van der Waals surface area contributed by atoms with Gasteiger partial charge in [0.05, 0.1) is 6.10 Å². The Hall–Kier alpha value is -1.01. The summed E-state index contributed by atoms with van der Waals surface area (Å²) in [5.74, 6) is -0.0285. The molecule has 1 aliphatic rings. The molecule has 132 valence electrons. The first kappa shape index (κ1) is 22.0. The number of ether oxygens (including phenoxy) is 1. The zero-order chi connectivity index (χ0) is 15.2. The van der Waals surface area contributed by atoms with Crippen LogP contribution < -0.4 is 16.0 Å². The van der Waals surface area contributed by atoms with Crippen molar-refractivity contribution in [3.05, 3.63) is 30.3 Å². The molecule has 0 aliphatic carbocycles. The largest absolute Gasteiger partial charge is 0.370 e. The highest BCUT2D eigenvalue weighted by molar-refractivity contribution is 5.85. The van der Waals surface area contributed by atoms with Crippen molar-refractivity contribution in [3.8, 4) is 0 Å². The van der Waals surface area contributed by atoms with Gasteiger partial charge < -0.3 is 20.7 Å². The van der Waals surface area contributed by atoms with Gasteiger partial charge in [-0.2, -0.15) is 0 Å². The molecule has 0 saturated carbocycles. The summed E-state index contributed by atoms with van der Waals surface area (Å²) in [5.41, 5.74) is 6.70. The van der Waals surface area contributed by atoms with Crippen LogP contribution in [0.4, 0.5) is 5.69 Å². The maximum atomic E-state index is 12.1. The number of para-hydroxylation sites is 1. The number of nitrogens with one attached hydrogen (secondary N) is 1. The SMILES string of the molecule is CC(CNC(=O)[C@@H]1CC[C@H](CN)O1)N(C)c1ccccc1.Cl.Cl. The summed E-state index contributed by atoms with van der Waals surface area (Å²) < 4.78 is 5.60. The first-order valence-corrected chi connectivity index (χ1v) is 7.53. The number of hydrogen-bond donors (Lipinski definition) is 2. The molecule has 1 aliphatic heterocycles. The fraction of sp³-hybridized carbons (Fsp3) is 0.562. The molecular weight excluding hydrogens is 337 g/mol. The van der Waals surface area contributed by atoms with Crippen molar-refractivity contribution in [1.29, 1.82) is 0 Å². The smallest absolute Gasteiger partial charge is 0.249 e. The van der Waals surface area contributed by atoms with E-state index in [0.29, 0.717) is 13.1 Å². The average molecular weight is 364 g/mol. The van der Waals surface area contributed by atoms with Gasteiger partial charge in [-0.1, -0.05) is 18.2 Å². The molecule has 1 amide bonds. The highest BCUT2D eigenvalue weighted by Crippen LogP contribution is 2.19. The summed E-state index contributed by atoms with van der Waals surface area (Å²) in [6.45, 7) is 3.17. The maximum absolute atomic E-state index is 12.1. The van der Waals surface area contributed by atoms with Gasteiger partial charge in [-0.15, -0.1) is 24.8 Å². The Labute approximate surface area is 150 Å². The average Bonchev–Trinajstić information content (AvgIpc) is 3.01. The summed E-state index contributed by atoms with van der Waals surface area (Å²) >= 11 is 0. The van der Waals surface area contributed by atoms with E-state index in [1.807, 2.05) is 25.2 Å². The number of rotatable bonds is 6. The van der Waals surface area contributed by atoms with E-state index in [0.717, 1.165) is 18.5 Å². The van der Waals surface area contributed by atoms with Gasteiger partial charge in [-0.05, 0) is 31.9 Å². The van der Waals surface area contributed by atoms with Crippen molar-refractivity contribution < 1.29 is 9.53 Å². The van der Waals surface area contributed by atoms with Crippen LogP contribution in [0.5, 0.6) is 0 Å². The van der Waals surface area contributed by atoms with Gasteiger partial charge >= 0.3 is 0 Å². The van der Waals surface area contributed by atoms with E-state index in [9.17, 15) is 4.79 Å². The van der Waals surface area contributed by atoms with Crippen LogP contribution in [0.3, 0.4) is 0 Å². The molecule has 3 atom stereocenters. The zero-order valence-electron chi connectivity index (χ0n) is 13.6. The minimum Gasteiger partial charge on any atom is -0.370 e. The van der Waals surface area contributed by atoms with Gasteiger partial charge in [-0.25, -0.2) is 0 Å². The van der Waals surface area contributed by atoms with Crippen LogP contribution in [0.15, 0.2) is 30.3 Å². The van der Waals surface area contributed by atoms with E-state index in [2.05, 4.69) is 29.3 Å². The van der Waals surface area contributed by atoms with Crippen molar-refractivity contribution >= 4 is 36.4 Å². The van der Waals surface area contributed by atoms with Crippen molar-refractivity contribution in [1.82, 2.24) is 5.32 Å². The first-order chi connectivity index (χ1) is 10.1. The van der Waals surface area contributed by atoms with Crippen molar-refractivity contribution in [2.75, 3.05) is 25.0 Å². The second kappa shape index (κ2) is 10.7. The molecular formula is C16H27Cl2N3O2. The molecule has 1 fully saturated rings. The predicted molar refractivity (Wildman–Crippen MR) is 98.8 cm³/mol. The number of nitrogens with two attached hydrogens (primary N) is 1. The number of nitrogens with zero attached hydrogens (tertiary/aromatic N) is 1. The lowest BCUT2D eigenvalue weighted by Crippen LogP contribution is -2.43. The molecule has 0 radical (unpaired) electrons. The molecule has 0 aromatic heterocycles. The Morgan fingerprint density at radius 1 is 1.35 bits per heavy atom. The molecule has 0 spiro atoms. The Morgan fingerprint density at radius 2 is 2.00 bits per heavy atom. The second-order valence-electron chi connectivity index (χ2n) is 5.60. The molecule has 23 heavy (non-hydrogen) atoms. The molecule has 3 N–H and O–H groups in total. The van der Waals surface area contributed by atoms with Gasteiger partial charge in [-0.3, -0.25) is 4.79 Å². The third kappa shape index (κ3) is 6.18. The quantitative estimate of drug-likeness (QED) is 0.810. The summed E-state index contributed by atoms with van der Waals surface area (Å²) in [5, 5.41) is 2.97. The highest BCUT2D eigenvalue weighted by atomic mass is 35.5. The monoisotopic (exact) mass is 363 g/mol. The topological polar surface area (TPSA) is 67.6 Å². The molecule has 1 heterocycles. The molecule has 1 saturated heterocycles. The minimum atomic E-state index is -0.340. The molecule has 1 aromatic rings. The molecule has 2 rings (SSSR count). The number of hydrogen-bond acceptors (Lipinski definition) is 4. The summed E-state index contributed by atoms with van der Waals surface area (Å²) in [6, 6.07) is 10.3. The number of carbonyl (C=O) groups is 1. The highest BCUT2D eigenvalue weighted by Gasteiger charge is 2.29. The van der Waals surface area contributed by atoms with E-state index in [-0.39, 0.29) is 49.0 Å². The summed E-state index contributed by atoms with van der Waals surface area (Å²) in [6.07, 6.45) is 1.32. The summed E-state index contributed by atoms with van der Waals surface area (Å²) in [7, 11) is 2.03. The Kier molecular flexibility index (Phi) is 10.2. The molecule has 7 heteroatoms. The van der Waals surface area contributed by atoms with E-state index < -0.39 is 0 Å². The standard InChI is InChI=1S/C16H25N3O2.2ClH/c1-12(19(2)13-6-4-3-5-7-13)11-18-16(20)15-9-8-14(10-17)21-15;;/h3-7,12,14-15H,8-11,17H2,1-2H3,(H,18,20);2*1H/t12?,14-,15+;;/m1../s1. The van der Waals surface area contributed by atoms with Gasteiger partial charge in [0, 0.05) is 31.9 Å². The van der Waals surface area contributed by atoms with Gasteiger partial charge in [0.15, 0.2) is 0 Å². The number of benzene rings is 1. The fourth-order valence-electron chi connectivity index (χ4n) is 2.49. The van der Waals surface area contributed by atoms with E-state index in [4.69, 9.17) is 10.5 Å². The fourth-order valence-corrected chi connectivity index (χ4v) is 2.49. The van der Waals surface area contributed by atoms with Crippen LogP contribution in [0.2, 0.25) is 0 Å². The summed E-state index contributed by atoms with van der Waals surface area (Å²) in [4.78, 5) is 14.2. The minimum absolute atomic E-state index is 0. The lowest BCUT2D eigenvalue weighted by molar-refractivity contribution is -0.131. The number of halogens is 2. The third-order valence-corrected chi connectivity index (χ3v) is 4.06. The Morgan fingerprint density at radius 3 is 2.57 bits per heavy atom. The van der Waals surface area contributed by atoms with Crippen LogP contribution in [-0.2, 0) is 9.53 Å². The number of likely N-dealkylation sites (N-methyl/N-ethyl adjacent to an activating group) is 1. The Bertz CT molecular complexity index is 462. The van der Waals surface area contributed by atoms with E-state index in [1.165, 1.54) is 0 Å². The zero-order valence-corrected chi connectivity index (χ0v) is 15.2. The normalized spacial score (nSPS) is 20.8. The van der Waals surface area contributed by atoms with E-state index in [1.54, 1.807) is 0 Å². The third-order valence-electron chi connectivity index (χ3n) is 4.06. The predicted octanol–water partition coefficient (Wildman–Crippen LogP) is 1.98. The molecule has 0 bridgehead atoms. The van der Waals surface area contributed by atoms with Gasteiger partial charge in [0.25, 0.3) is 0 Å². The lowest BCUT2D eigenvalue weighted by Gasteiger charge is -2.27. The first-order valence-electron chi connectivity index (χ1n) is 7.53. The maximum Gasteiger partial charge on any atom is 0.249 e. The lowest BCUT2D eigenvalue weighted by atomic mass is 10.2. The van der Waals surface area contributed by atoms with Crippen molar-refractivity contribution in [3.63, 3.8) is 0 Å². The van der Waals surface area contributed by atoms with Crippen LogP contribution in [-0.4, -0.2) is 44.3 Å². The van der Waals surface area contributed by atoms with Crippen LogP contribution in [0.1, 0.15) is 19.8 Å². The van der Waals surface area contributed by atoms with E-state index >= 15 is 0 Å². The van der Waals surface area contributed by atoms with Gasteiger partial charge in [0.2, 0.25) is 5.91 Å². The van der Waals surface area contributed by atoms with Crippen molar-refractivity contribution in [2.45, 2.75) is 38.0 Å². The number of anilines is 1. The van der Waals surface area contributed by atoms with Crippen LogP contribution in [0.25, 0.3) is 0 Å². The molecule has 1 aromatic carbocycles. The molecule has 1 unspecified atom stereocenters. The van der Waals surface area contributed by atoms with Gasteiger partial charge in [0.1, 0.15) is 6.10 Å². The molecule has 5 nitrogen and oxygen atoms in total.